The van der Waals surface area contributed by atoms with Gasteiger partial charge >= 0.3 is 5.69 Å². The van der Waals surface area contributed by atoms with Gasteiger partial charge in [-0.25, -0.2) is 9.89 Å². The van der Waals surface area contributed by atoms with E-state index in [2.05, 4.69) is 57.9 Å². The molecule has 0 radical (unpaired) electrons. The molecule has 1 saturated carbocycles. The lowest BCUT2D eigenvalue weighted by molar-refractivity contribution is -0.111. The van der Waals surface area contributed by atoms with Gasteiger partial charge in [0.05, 0.1) is 12.2 Å². The van der Waals surface area contributed by atoms with E-state index < -0.39 is 6.29 Å². The normalized spacial score (nSPS) is 14.3. The minimum Gasteiger partial charge on any atom is -0.350 e. The molecule has 0 amide bonds. The molecule has 4 aromatic rings. The number of hydrogen-bond donors (Lipinski definition) is 1. The third-order valence-electron chi connectivity index (χ3n) is 8.13. The van der Waals surface area contributed by atoms with Crippen molar-refractivity contribution in [1.82, 2.24) is 29.8 Å². The Morgan fingerprint density at radius 3 is 2.35 bits per heavy atom. The SMILES string of the molecule is CCCc1c(C(OC)OC)n(CCC2CCCCC2)c(=O)n1Cc1ccc(-c2ccccc2-c2nnn[nH]2)cc1. The highest BCUT2D eigenvalue weighted by Crippen LogP contribution is 2.31. The molecule has 40 heavy (non-hydrogen) atoms. The molecule has 0 unspecified atom stereocenters. The zero-order valence-electron chi connectivity index (χ0n) is 23.8. The first-order chi connectivity index (χ1) is 19.6. The van der Waals surface area contributed by atoms with Crippen LogP contribution in [0.5, 0.6) is 0 Å². The first kappa shape index (κ1) is 28.0. The molecule has 0 aliphatic heterocycles. The van der Waals surface area contributed by atoms with Crippen LogP contribution in [0, 0.1) is 5.92 Å². The number of imidazole rings is 1. The van der Waals surface area contributed by atoms with E-state index in [-0.39, 0.29) is 5.69 Å². The van der Waals surface area contributed by atoms with E-state index in [1.807, 2.05) is 27.3 Å². The number of methoxy groups -OCH3 is 2. The molecule has 1 N–H and O–H groups in total. The fourth-order valence-corrected chi connectivity index (χ4v) is 6.09. The van der Waals surface area contributed by atoms with Gasteiger partial charge in [0.15, 0.2) is 12.1 Å². The van der Waals surface area contributed by atoms with Crippen LogP contribution >= 0.6 is 0 Å². The molecule has 9 nitrogen and oxygen atoms in total. The maximum absolute atomic E-state index is 14.0. The van der Waals surface area contributed by atoms with Crippen LogP contribution in [0.15, 0.2) is 53.3 Å². The Bertz CT molecular complexity index is 1410. The molecular formula is C31H40N6O3. The first-order valence-corrected chi connectivity index (χ1v) is 14.4. The van der Waals surface area contributed by atoms with Crippen LogP contribution in [-0.2, 0) is 29.0 Å². The average Bonchev–Trinajstić information content (AvgIpc) is 3.62. The smallest absolute Gasteiger partial charge is 0.329 e. The highest BCUT2D eigenvalue weighted by atomic mass is 16.7. The Morgan fingerprint density at radius 2 is 1.70 bits per heavy atom. The monoisotopic (exact) mass is 544 g/mol. The number of nitrogens with one attached hydrogen (secondary N) is 1. The van der Waals surface area contributed by atoms with Gasteiger partial charge in [0, 0.05) is 32.0 Å². The van der Waals surface area contributed by atoms with E-state index in [0.29, 0.717) is 24.8 Å². The second-order valence-corrected chi connectivity index (χ2v) is 10.7. The Kier molecular flexibility index (Phi) is 9.23. The zero-order chi connectivity index (χ0) is 27.9. The van der Waals surface area contributed by atoms with Crippen molar-refractivity contribution in [3.63, 3.8) is 0 Å². The summed E-state index contributed by atoms with van der Waals surface area (Å²) in [6, 6.07) is 16.4. The molecule has 9 heteroatoms. The standard InChI is InChI=1S/C31H40N6O3/c1-4-10-27-28(30(39-2)40-3)36(20-19-22-11-6-5-7-12-22)31(38)37(27)21-23-15-17-24(18-16-23)25-13-8-9-14-26(25)29-32-34-35-33-29/h8-9,13-18,22,30H,4-7,10-12,19-21H2,1-3H3,(H,32,33,34,35). The van der Waals surface area contributed by atoms with Crippen molar-refractivity contribution < 1.29 is 9.47 Å². The number of benzene rings is 2. The molecule has 2 aromatic heterocycles. The number of tetrazole rings is 1. The van der Waals surface area contributed by atoms with Crippen molar-refractivity contribution in [2.45, 2.75) is 77.7 Å². The molecule has 1 aliphatic carbocycles. The van der Waals surface area contributed by atoms with Gasteiger partial charge in [-0.1, -0.05) is 94.0 Å². The molecule has 0 bridgehead atoms. The van der Waals surface area contributed by atoms with Crippen LogP contribution in [0.3, 0.4) is 0 Å². The molecule has 1 fully saturated rings. The van der Waals surface area contributed by atoms with Gasteiger partial charge in [-0.05, 0) is 45.9 Å². The Labute approximate surface area is 235 Å². The van der Waals surface area contributed by atoms with E-state index in [1.54, 1.807) is 14.2 Å². The maximum atomic E-state index is 14.0. The fraction of sp³-hybridized carbons (Fsp3) is 0.484. The van der Waals surface area contributed by atoms with Gasteiger partial charge in [-0.15, -0.1) is 5.10 Å². The summed E-state index contributed by atoms with van der Waals surface area (Å²) >= 11 is 0. The predicted octanol–water partition coefficient (Wildman–Crippen LogP) is 5.76. The van der Waals surface area contributed by atoms with Gasteiger partial charge in [-0.2, -0.15) is 0 Å². The molecule has 0 saturated heterocycles. The minimum atomic E-state index is -0.577. The van der Waals surface area contributed by atoms with Gasteiger partial charge in [0.1, 0.15) is 0 Å². The minimum absolute atomic E-state index is 0.0144. The van der Waals surface area contributed by atoms with Crippen molar-refractivity contribution in [2.24, 2.45) is 5.92 Å². The third kappa shape index (κ3) is 5.95. The lowest BCUT2D eigenvalue weighted by Gasteiger charge is -2.23. The lowest BCUT2D eigenvalue weighted by atomic mass is 9.87. The Hall–Kier alpha value is -3.56. The molecule has 2 heterocycles. The van der Waals surface area contributed by atoms with Crippen LogP contribution in [-0.4, -0.2) is 44.0 Å². The van der Waals surface area contributed by atoms with Crippen LogP contribution in [0.1, 0.15) is 75.1 Å². The van der Waals surface area contributed by atoms with Crippen molar-refractivity contribution in [3.8, 4) is 22.5 Å². The number of ether oxygens (including phenoxy) is 2. The van der Waals surface area contributed by atoms with Crippen LogP contribution in [0.25, 0.3) is 22.5 Å². The lowest BCUT2D eigenvalue weighted by Crippen LogP contribution is -2.27. The second-order valence-electron chi connectivity index (χ2n) is 10.7. The zero-order valence-corrected chi connectivity index (χ0v) is 23.8. The quantitative estimate of drug-likeness (QED) is 0.228. The van der Waals surface area contributed by atoms with E-state index in [4.69, 9.17) is 9.47 Å². The average molecular weight is 545 g/mol. The van der Waals surface area contributed by atoms with Crippen molar-refractivity contribution >= 4 is 0 Å². The van der Waals surface area contributed by atoms with Gasteiger partial charge in [0.25, 0.3) is 0 Å². The molecule has 0 spiro atoms. The summed E-state index contributed by atoms with van der Waals surface area (Å²) in [6.07, 6.45) is 8.57. The van der Waals surface area contributed by atoms with Gasteiger partial charge in [-0.3, -0.25) is 9.13 Å². The van der Waals surface area contributed by atoms with Gasteiger partial charge < -0.3 is 9.47 Å². The molecular weight excluding hydrogens is 504 g/mol. The first-order valence-electron chi connectivity index (χ1n) is 14.4. The summed E-state index contributed by atoms with van der Waals surface area (Å²) in [5, 5.41) is 14.4. The fourth-order valence-electron chi connectivity index (χ4n) is 6.09. The number of H-pyrrole nitrogens is 1. The summed E-state index contributed by atoms with van der Waals surface area (Å²) < 4.78 is 15.3. The summed E-state index contributed by atoms with van der Waals surface area (Å²) in [5.74, 6) is 1.31. The van der Waals surface area contributed by atoms with Crippen molar-refractivity contribution in [1.29, 1.82) is 0 Å². The van der Waals surface area contributed by atoms with E-state index in [1.165, 1.54) is 32.1 Å². The van der Waals surface area contributed by atoms with Crippen LogP contribution in [0.4, 0.5) is 0 Å². The van der Waals surface area contributed by atoms with Crippen LogP contribution in [0.2, 0.25) is 0 Å². The van der Waals surface area contributed by atoms with Crippen molar-refractivity contribution in [3.05, 3.63) is 76.0 Å². The molecule has 212 valence electrons. The maximum Gasteiger partial charge on any atom is 0.329 e. The number of rotatable bonds is 12. The summed E-state index contributed by atoms with van der Waals surface area (Å²) in [4.78, 5) is 14.0. The summed E-state index contributed by atoms with van der Waals surface area (Å²) in [7, 11) is 3.28. The highest BCUT2D eigenvalue weighted by Gasteiger charge is 2.27. The molecule has 0 atom stereocenters. The highest BCUT2D eigenvalue weighted by molar-refractivity contribution is 5.80. The molecule has 2 aromatic carbocycles. The third-order valence-corrected chi connectivity index (χ3v) is 8.13. The summed E-state index contributed by atoms with van der Waals surface area (Å²) in [6.45, 7) is 3.33. The Balaban J connectivity index is 1.46. The number of nitrogens with zero attached hydrogens (tertiary/aromatic N) is 5. The summed E-state index contributed by atoms with van der Waals surface area (Å²) in [5.41, 5.74) is 5.96. The van der Waals surface area contributed by atoms with E-state index >= 15 is 0 Å². The van der Waals surface area contributed by atoms with E-state index in [0.717, 1.165) is 52.9 Å². The van der Waals surface area contributed by atoms with Gasteiger partial charge in [0.2, 0.25) is 0 Å². The number of aromatic nitrogens is 6. The van der Waals surface area contributed by atoms with E-state index in [9.17, 15) is 4.79 Å². The number of aromatic amines is 1. The van der Waals surface area contributed by atoms with Crippen LogP contribution < -0.4 is 5.69 Å². The largest absolute Gasteiger partial charge is 0.350 e. The second kappa shape index (κ2) is 13.2. The number of hydrogen-bond acceptors (Lipinski definition) is 6. The Morgan fingerprint density at radius 1 is 0.975 bits per heavy atom. The predicted molar refractivity (Wildman–Crippen MR) is 155 cm³/mol. The molecule has 1 aliphatic rings. The topological polar surface area (TPSA) is 99.8 Å². The van der Waals surface area contributed by atoms with Crippen molar-refractivity contribution in [2.75, 3.05) is 14.2 Å². The molecule has 5 rings (SSSR count).